The molecule has 5 nitrogen and oxygen atoms in total. The fraction of sp³-hybridized carbons (Fsp3) is 0.100. The Morgan fingerprint density at radius 2 is 1.73 bits per heavy atom. The Bertz CT molecular complexity index is 793. The van der Waals surface area contributed by atoms with Crippen LogP contribution in [0.2, 0.25) is 5.02 Å². The van der Waals surface area contributed by atoms with Crippen LogP contribution in [0.1, 0.15) is 10.4 Å². The predicted molar refractivity (Wildman–Crippen MR) is 104 cm³/mol. The zero-order chi connectivity index (χ0) is 18.9. The van der Waals surface area contributed by atoms with E-state index in [1.807, 2.05) is 0 Å². The number of hydrogen-bond donors (Lipinski definition) is 1. The number of carbonyl (C=O) groups is 2. The molecule has 0 saturated heterocycles. The number of carbonyl (C=O) groups excluding carboxylic acids is 2. The maximum absolute atomic E-state index is 12.4. The van der Waals surface area contributed by atoms with Crippen molar-refractivity contribution in [2.24, 2.45) is 0 Å². The van der Waals surface area contributed by atoms with Crippen molar-refractivity contribution in [2.75, 3.05) is 18.4 Å². The maximum atomic E-state index is 12.4. The number of hydrogen-bond acceptors (Lipinski definition) is 3. The number of nitrogens with one attached hydrogen (secondary N) is 1. The van der Waals surface area contributed by atoms with Crippen molar-refractivity contribution in [1.82, 2.24) is 4.90 Å². The van der Waals surface area contributed by atoms with Gasteiger partial charge in [0, 0.05) is 29.4 Å². The van der Waals surface area contributed by atoms with Gasteiger partial charge in [-0.15, -0.1) is 13.2 Å². The van der Waals surface area contributed by atoms with Crippen molar-refractivity contribution in [1.29, 1.82) is 0 Å². The number of halogens is 1. The van der Waals surface area contributed by atoms with E-state index in [0.29, 0.717) is 35.1 Å². The zero-order valence-electron chi connectivity index (χ0n) is 14.2. The molecule has 0 atom stereocenters. The van der Waals surface area contributed by atoms with Crippen molar-refractivity contribution in [2.45, 2.75) is 0 Å². The highest BCUT2D eigenvalue weighted by atomic mass is 35.5. The first kappa shape index (κ1) is 19.3. The minimum Gasteiger partial charge on any atom is -0.410 e. The molecule has 0 saturated carbocycles. The molecule has 0 spiro atoms. The van der Waals surface area contributed by atoms with E-state index in [9.17, 15) is 9.59 Å². The minimum absolute atomic E-state index is 0.153. The molecule has 1 N–H and O–H groups in total. The van der Waals surface area contributed by atoms with Crippen molar-refractivity contribution >= 4 is 29.3 Å². The van der Waals surface area contributed by atoms with E-state index < -0.39 is 6.09 Å². The summed E-state index contributed by atoms with van der Waals surface area (Å²) >= 11 is 5.87. The van der Waals surface area contributed by atoms with Gasteiger partial charge in [-0.3, -0.25) is 10.1 Å². The second-order valence-corrected chi connectivity index (χ2v) is 5.77. The van der Waals surface area contributed by atoms with Gasteiger partial charge in [-0.2, -0.15) is 0 Å². The monoisotopic (exact) mass is 370 g/mol. The van der Waals surface area contributed by atoms with Crippen molar-refractivity contribution < 1.29 is 14.3 Å². The van der Waals surface area contributed by atoms with Crippen LogP contribution in [0.15, 0.2) is 73.8 Å². The van der Waals surface area contributed by atoms with Crippen molar-refractivity contribution in [3.63, 3.8) is 0 Å². The van der Waals surface area contributed by atoms with Crippen LogP contribution >= 0.6 is 11.6 Å². The normalized spacial score (nSPS) is 9.88. The summed E-state index contributed by atoms with van der Waals surface area (Å²) in [7, 11) is 0. The van der Waals surface area contributed by atoms with E-state index in [4.69, 9.17) is 16.3 Å². The van der Waals surface area contributed by atoms with Gasteiger partial charge >= 0.3 is 6.09 Å². The highest BCUT2D eigenvalue weighted by molar-refractivity contribution is 6.30. The van der Waals surface area contributed by atoms with Gasteiger partial charge < -0.3 is 9.64 Å². The van der Waals surface area contributed by atoms with Crippen LogP contribution < -0.4 is 10.1 Å². The number of ether oxygens (including phenoxy) is 1. The van der Waals surface area contributed by atoms with Gasteiger partial charge in [0.25, 0.3) is 5.91 Å². The molecule has 0 heterocycles. The smallest absolute Gasteiger partial charge is 0.410 e. The lowest BCUT2D eigenvalue weighted by Crippen LogP contribution is -2.31. The quantitative estimate of drug-likeness (QED) is 0.714. The summed E-state index contributed by atoms with van der Waals surface area (Å²) in [6, 6.07) is 13.1. The standard InChI is InChI=1S/C20H19ClN2O3/c1-3-12-23(13-4-2)19(24)15-8-10-18(11-9-15)26-20(25)22-17-7-5-6-16(21)14-17/h3-11,14H,1-2,12-13H2,(H,22,25). The van der Waals surface area contributed by atoms with Crippen LogP contribution in [0.4, 0.5) is 10.5 Å². The van der Waals surface area contributed by atoms with Crippen LogP contribution in [0.25, 0.3) is 0 Å². The number of anilines is 1. The fourth-order valence-electron chi connectivity index (χ4n) is 2.22. The Hall–Kier alpha value is -3.05. The summed E-state index contributed by atoms with van der Waals surface area (Å²) in [4.78, 5) is 25.9. The topological polar surface area (TPSA) is 58.6 Å². The van der Waals surface area contributed by atoms with E-state index in [1.54, 1.807) is 65.6 Å². The summed E-state index contributed by atoms with van der Waals surface area (Å²) in [5.74, 6) is 0.166. The van der Waals surface area contributed by atoms with E-state index in [-0.39, 0.29) is 5.91 Å². The second-order valence-electron chi connectivity index (χ2n) is 5.34. The van der Waals surface area contributed by atoms with Crippen molar-refractivity contribution in [3.8, 4) is 5.75 Å². The van der Waals surface area contributed by atoms with Crippen LogP contribution in [0.5, 0.6) is 5.75 Å². The summed E-state index contributed by atoms with van der Waals surface area (Å²) < 4.78 is 5.20. The zero-order valence-corrected chi connectivity index (χ0v) is 14.9. The molecule has 0 unspecified atom stereocenters. The van der Waals surface area contributed by atoms with E-state index in [0.717, 1.165) is 0 Å². The minimum atomic E-state index is -0.647. The molecule has 134 valence electrons. The molecular weight excluding hydrogens is 352 g/mol. The van der Waals surface area contributed by atoms with E-state index in [1.165, 1.54) is 0 Å². The van der Waals surface area contributed by atoms with E-state index >= 15 is 0 Å². The summed E-state index contributed by atoms with van der Waals surface area (Å²) in [6.07, 6.45) is 2.66. The molecule has 2 aromatic carbocycles. The van der Waals surface area contributed by atoms with Gasteiger partial charge in [-0.1, -0.05) is 29.8 Å². The lowest BCUT2D eigenvalue weighted by Gasteiger charge is -2.19. The van der Waals surface area contributed by atoms with Crippen molar-refractivity contribution in [3.05, 3.63) is 84.4 Å². The number of rotatable bonds is 7. The number of benzene rings is 2. The Morgan fingerprint density at radius 3 is 2.31 bits per heavy atom. The first-order chi connectivity index (χ1) is 12.5. The van der Waals surface area contributed by atoms with Crippen LogP contribution in [0.3, 0.4) is 0 Å². The SMILES string of the molecule is C=CCN(CC=C)C(=O)c1ccc(OC(=O)Nc2cccc(Cl)c2)cc1. The van der Waals surface area contributed by atoms with Gasteiger partial charge in [-0.25, -0.2) is 4.79 Å². The molecular formula is C20H19ClN2O3. The molecule has 0 aliphatic heterocycles. The number of nitrogens with zero attached hydrogens (tertiary/aromatic N) is 1. The lowest BCUT2D eigenvalue weighted by atomic mass is 10.2. The molecule has 0 fully saturated rings. The first-order valence-electron chi connectivity index (χ1n) is 7.89. The van der Waals surface area contributed by atoms with Gasteiger partial charge in [0.15, 0.2) is 0 Å². The van der Waals surface area contributed by atoms with Crippen LogP contribution in [-0.4, -0.2) is 30.0 Å². The molecule has 0 aliphatic rings. The largest absolute Gasteiger partial charge is 0.417 e. The Balaban J connectivity index is 2.00. The molecule has 0 radical (unpaired) electrons. The maximum Gasteiger partial charge on any atom is 0.417 e. The second kappa shape index (κ2) is 9.44. The number of amides is 2. The van der Waals surface area contributed by atoms with Crippen LogP contribution in [-0.2, 0) is 0 Å². The molecule has 6 heteroatoms. The van der Waals surface area contributed by atoms with Crippen LogP contribution in [0, 0.1) is 0 Å². The van der Waals surface area contributed by atoms with Gasteiger partial charge in [0.1, 0.15) is 5.75 Å². The van der Waals surface area contributed by atoms with E-state index in [2.05, 4.69) is 18.5 Å². The average Bonchev–Trinajstić information content (AvgIpc) is 2.61. The average molecular weight is 371 g/mol. The molecule has 2 aromatic rings. The summed E-state index contributed by atoms with van der Waals surface area (Å²) in [5.41, 5.74) is 1.01. The fourth-order valence-corrected chi connectivity index (χ4v) is 2.41. The summed E-state index contributed by atoms with van der Waals surface area (Å²) in [5, 5.41) is 3.09. The first-order valence-corrected chi connectivity index (χ1v) is 8.27. The predicted octanol–water partition coefficient (Wildman–Crippen LogP) is 4.77. The van der Waals surface area contributed by atoms with Gasteiger partial charge in [-0.05, 0) is 42.5 Å². The highest BCUT2D eigenvalue weighted by Crippen LogP contribution is 2.17. The molecule has 2 rings (SSSR count). The molecule has 0 aliphatic carbocycles. The molecule has 0 aromatic heterocycles. The highest BCUT2D eigenvalue weighted by Gasteiger charge is 2.14. The van der Waals surface area contributed by atoms with Gasteiger partial charge in [0.2, 0.25) is 0 Å². The molecule has 2 amide bonds. The van der Waals surface area contributed by atoms with Gasteiger partial charge in [0.05, 0.1) is 0 Å². The third-order valence-electron chi connectivity index (χ3n) is 3.37. The molecule has 26 heavy (non-hydrogen) atoms. The third kappa shape index (κ3) is 5.50. The Morgan fingerprint density at radius 1 is 1.08 bits per heavy atom. The Kier molecular flexibility index (Phi) is 7.00. The molecule has 0 bridgehead atoms. The Labute approximate surface area is 157 Å². The third-order valence-corrected chi connectivity index (χ3v) is 3.60. The summed E-state index contributed by atoms with van der Waals surface area (Å²) in [6.45, 7) is 8.13. The lowest BCUT2D eigenvalue weighted by molar-refractivity contribution is 0.0791.